The lowest BCUT2D eigenvalue weighted by Gasteiger charge is -2.15. The van der Waals surface area contributed by atoms with Gasteiger partial charge in [-0.15, -0.1) is 5.10 Å². The summed E-state index contributed by atoms with van der Waals surface area (Å²) in [6, 6.07) is 28.7. The lowest BCUT2D eigenvalue weighted by molar-refractivity contribution is -0.137. The Morgan fingerprint density at radius 2 is 1.43 bits per heavy atom. The fourth-order valence-electron chi connectivity index (χ4n) is 4.86. The second-order valence-electron chi connectivity index (χ2n) is 9.47. The molecule has 0 saturated heterocycles. The molecule has 11 heteroatoms. The first-order valence-electron chi connectivity index (χ1n) is 12.9. The van der Waals surface area contributed by atoms with Crippen LogP contribution in [0.4, 0.5) is 13.2 Å². The molecule has 0 amide bonds. The lowest BCUT2D eigenvalue weighted by atomic mass is 10.2. The van der Waals surface area contributed by atoms with Gasteiger partial charge in [0.15, 0.2) is 11.5 Å². The summed E-state index contributed by atoms with van der Waals surface area (Å²) in [6.07, 6.45) is -4.56. The second-order valence-corrected chi connectivity index (χ2v) is 10.4. The fourth-order valence-corrected chi connectivity index (χ4v) is 5.61. The number of thioether (sulfide) groups is 1. The van der Waals surface area contributed by atoms with Gasteiger partial charge >= 0.3 is 6.18 Å². The molecule has 7 rings (SSSR count). The standard InChI is InChI=1S/C31H19F3N6OS/c32-31(33,34)20-11-8-12-21(17-20)39-26(35-25-16-7-5-14-23(25)29(39)41)18-42-30-37-28-22-13-4-6-15-24(22)36-27(40(28)38-30)19-9-2-1-3-10-19/h1-17H,18H2. The molecule has 0 unspecified atom stereocenters. The minimum Gasteiger partial charge on any atom is -0.268 e. The third kappa shape index (κ3) is 4.57. The molecule has 7 nitrogen and oxygen atoms in total. The number of nitrogens with zero attached hydrogens (tertiary/aromatic N) is 6. The maximum Gasteiger partial charge on any atom is 0.416 e. The van der Waals surface area contributed by atoms with Gasteiger partial charge in [0.2, 0.25) is 5.16 Å². The smallest absolute Gasteiger partial charge is 0.268 e. The van der Waals surface area contributed by atoms with Crippen molar-refractivity contribution in [2.75, 3.05) is 0 Å². The quantitative estimate of drug-likeness (QED) is 0.205. The van der Waals surface area contributed by atoms with E-state index in [0.29, 0.717) is 27.5 Å². The fraction of sp³-hybridized carbons (Fsp3) is 0.0645. The molecule has 0 spiro atoms. The molecule has 0 aliphatic carbocycles. The molecule has 0 aliphatic rings. The summed E-state index contributed by atoms with van der Waals surface area (Å²) in [6.45, 7) is 0. The number of benzene rings is 4. The number of fused-ring (bicyclic) bond motifs is 4. The van der Waals surface area contributed by atoms with E-state index in [1.807, 2.05) is 54.6 Å². The maximum absolute atomic E-state index is 13.6. The lowest BCUT2D eigenvalue weighted by Crippen LogP contribution is -2.24. The van der Waals surface area contributed by atoms with Gasteiger partial charge in [-0.1, -0.05) is 72.4 Å². The molecular formula is C31H19F3N6OS. The molecule has 206 valence electrons. The Morgan fingerprint density at radius 1 is 0.738 bits per heavy atom. The Labute approximate surface area is 240 Å². The summed E-state index contributed by atoms with van der Waals surface area (Å²) >= 11 is 1.23. The van der Waals surface area contributed by atoms with E-state index < -0.39 is 17.3 Å². The van der Waals surface area contributed by atoms with Crippen molar-refractivity contribution in [2.24, 2.45) is 0 Å². The zero-order valence-corrected chi connectivity index (χ0v) is 22.5. The Bertz CT molecular complexity index is 2180. The Balaban J connectivity index is 1.35. The molecule has 0 bridgehead atoms. The number of para-hydroxylation sites is 2. The van der Waals surface area contributed by atoms with E-state index in [9.17, 15) is 18.0 Å². The summed E-state index contributed by atoms with van der Waals surface area (Å²) in [5.74, 6) is 1.01. The SMILES string of the molecule is O=c1c2ccccc2nc(CSc2nc3c4ccccc4nc(-c4ccccc4)n3n2)n1-c1cccc(C(F)(F)F)c1. The predicted molar refractivity (Wildman–Crippen MR) is 156 cm³/mol. The largest absolute Gasteiger partial charge is 0.416 e. The van der Waals surface area contributed by atoms with Gasteiger partial charge in [0.25, 0.3) is 5.56 Å². The van der Waals surface area contributed by atoms with Gasteiger partial charge < -0.3 is 0 Å². The highest BCUT2D eigenvalue weighted by Gasteiger charge is 2.31. The highest BCUT2D eigenvalue weighted by Crippen LogP contribution is 2.31. The van der Waals surface area contributed by atoms with Gasteiger partial charge in [0.05, 0.1) is 33.4 Å². The summed E-state index contributed by atoms with van der Waals surface area (Å²) < 4.78 is 43.5. The molecule has 4 aromatic carbocycles. The van der Waals surface area contributed by atoms with Crippen LogP contribution in [0.3, 0.4) is 0 Å². The van der Waals surface area contributed by atoms with Crippen molar-refractivity contribution in [3.05, 3.63) is 125 Å². The van der Waals surface area contributed by atoms with Crippen LogP contribution in [0.15, 0.2) is 113 Å². The third-order valence-electron chi connectivity index (χ3n) is 6.80. The van der Waals surface area contributed by atoms with Crippen molar-refractivity contribution in [1.82, 2.24) is 29.1 Å². The number of rotatable bonds is 5. The molecule has 3 aromatic heterocycles. The van der Waals surface area contributed by atoms with Crippen molar-refractivity contribution >= 4 is 39.2 Å². The van der Waals surface area contributed by atoms with E-state index >= 15 is 0 Å². The molecule has 0 fully saturated rings. The van der Waals surface area contributed by atoms with Crippen molar-refractivity contribution in [3.63, 3.8) is 0 Å². The average Bonchev–Trinajstić information content (AvgIpc) is 3.44. The number of hydrogen-bond acceptors (Lipinski definition) is 6. The Kier molecular flexibility index (Phi) is 6.23. The molecule has 42 heavy (non-hydrogen) atoms. The van der Waals surface area contributed by atoms with Crippen molar-refractivity contribution in [2.45, 2.75) is 17.1 Å². The van der Waals surface area contributed by atoms with Gasteiger partial charge in [-0.25, -0.2) is 15.0 Å². The molecule has 0 N–H and O–H groups in total. The first-order chi connectivity index (χ1) is 20.4. The molecule has 0 atom stereocenters. The van der Waals surface area contributed by atoms with E-state index in [4.69, 9.17) is 15.1 Å². The van der Waals surface area contributed by atoms with E-state index in [0.717, 1.165) is 28.6 Å². The minimum absolute atomic E-state index is 0.0770. The second kappa shape index (κ2) is 10.1. The first kappa shape index (κ1) is 25.9. The number of hydrogen-bond donors (Lipinski definition) is 0. The monoisotopic (exact) mass is 580 g/mol. The topological polar surface area (TPSA) is 78.0 Å². The highest BCUT2D eigenvalue weighted by atomic mass is 32.2. The maximum atomic E-state index is 13.6. The van der Waals surface area contributed by atoms with Crippen LogP contribution in [-0.2, 0) is 11.9 Å². The van der Waals surface area contributed by atoms with Crippen LogP contribution in [0.2, 0.25) is 0 Å². The van der Waals surface area contributed by atoms with E-state index in [-0.39, 0.29) is 17.3 Å². The Morgan fingerprint density at radius 3 is 2.19 bits per heavy atom. The molecule has 0 aliphatic heterocycles. The molecular weight excluding hydrogens is 561 g/mol. The molecule has 3 heterocycles. The van der Waals surface area contributed by atoms with Crippen LogP contribution >= 0.6 is 11.8 Å². The molecule has 0 saturated carbocycles. The number of aromatic nitrogens is 6. The summed E-state index contributed by atoms with van der Waals surface area (Å²) in [5.41, 5.74) is 1.46. The van der Waals surface area contributed by atoms with Gasteiger partial charge in [-0.3, -0.25) is 9.36 Å². The minimum atomic E-state index is -4.56. The van der Waals surface area contributed by atoms with Crippen LogP contribution in [0, 0.1) is 0 Å². The van der Waals surface area contributed by atoms with Crippen LogP contribution < -0.4 is 5.56 Å². The van der Waals surface area contributed by atoms with Crippen LogP contribution in [0.25, 0.3) is 44.5 Å². The van der Waals surface area contributed by atoms with E-state index in [1.165, 1.54) is 28.5 Å². The van der Waals surface area contributed by atoms with Gasteiger partial charge in [-0.2, -0.15) is 17.7 Å². The summed E-state index contributed by atoms with van der Waals surface area (Å²) in [5, 5.41) is 6.26. The van der Waals surface area contributed by atoms with E-state index in [1.54, 1.807) is 28.8 Å². The van der Waals surface area contributed by atoms with Crippen LogP contribution in [-0.4, -0.2) is 29.1 Å². The normalized spacial score (nSPS) is 12.0. The van der Waals surface area contributed by atoms with Crippen LogP contribution in [0.1, 0.15) is 11.4 Å². The third-order valence-corrected chi connectivity index (χ3v) is 7.63. The van der Waals surface area contributed by atoms with Crippen LogP contribution in [0.5, 0.6) is 0 Å². The first-order valence-corrected chi connectivity index (χ1v) is 13.9. The number of alkyl halides is 3. The van der Waals surface area contributed by atoms with Crippen molar-refractivity contribution in [3.8, 4) is 17.1 Å². The zero-order chi connectivity index (χ0) is 28.8. The zero-order valence-electron chi connectivity index (χ0n) is 21.7. The number of halogens is 3. The highest BCUT2D eigenvalue weighted by molar-refractivity contribution is 7.98. The van der Waals surface area contributed by atoms with Gasteiger partial charge in [-0.05, 0) is 42.5 Å². The predicted octanol–water partition coefficient (Wildman–Crippen LogP) is 6.95. The van der Waals surface area contributed by atoms with Crippen molar-refractivity contribution in [1.29, 1.82) is 0 Å². The van der Waals surface area contributed by atoms with Gasteiger partial charge in [0.1, 0.15) is 5.82 Å². The van der Waals surface area contributed by atoms with E-state index in [2.05, 4.69) is 4.98 Å². The van der Waals surface area contributed by atoms with Crippen molar-refractivity contribution < 1.29 is 13.2 Å². The average molecular weight is 581 g/mol. The molecule has 0 radical (unpaired) electrons. The molecule has 7 aromatic rings. The van der Waals surface area contributed by atoms with Gasteiger partial charge in [0, 0.05) is 10.9 Å². The summed E-state index contributed by atoms with van der Waals surface area (Å²) in [7, 11) is 0. The summed E-state index contributed by atoms with van der Waals surface area (Å²) in [4.78, 5) is 27.9. The Hall–Kier alpha value is -5.03.